The number of fused-ring (bicyclic) bond motifs is 1. The van der Waals surface area contributed by atoms with Gasteiger partial charge in [-0.2, -0.15) is 0 Å². The molecule has 0 amide bonds. The van der Waals surface area contributed by atoms with Crippen LogP contribution in [0.1, 0.15) is 41.1 Å². The fourth-order valence-corrected chi connectivity index (χ4v) is 6.29. The number of piperidine rings is 1. The third kappa shape index (κ3) is 5.47. The zero-order valence-electron chi connectivity index (χ0n) is 22.4. The second kappa shape index (κ2) is 11.4. The summed E-state index contributed by atoms with van der Waals surface area (Å²) < 4.78 is 8.16. The molecule has 5 aromatic rings. The summed E-state index contributed by atoms with van der Waals surface area (Å²) >= 11 is 7.72. The normalized spacial score (nSPS) is 15.3. The zero-order valence-corrected chi connectivity index (χ0v) is 24.0. The van der Waals surface area contributed by atoms with Gasteiger partial charge in [-0.15, -0.1) is 11.3 Å². The van der Waals surface area contributed by atoms with Crippen LogP contribution in [-0.2, 0) is 0 Å². The summed E-state index contributed by atoms with van der Waals surface area (Å²) in [4.78, 5) is 24.1. The Labute approximate surface area is 242 Å². The molecule has 0 aliphatic carbocycles. The highest BCUT2D eigenvalue weighted by molar-refractivity contribution is 7.16. The van der Waals surface area contributed by atoms with Gasteiger partial charge in [0.1, 0.15) is 33.9 Å². The van der Waals surface area contributed by atoms with Gasteiger partial charge in [0.25, 0.3) is 0 Å². The van der Waals surface area contributed by atoms with Crippen molar-refractivity contribution in [2.45, 2.75) is 31.9 Å². The van der Waals surface area contributed by atoms with E-state index in [1.54, 1.807) is 6.33 Å². The Balaban J connectivity index is 1.20. The van der Waals surface area contributed by atoms with Crippen molar-refractivity contribution in [3.8, 4) is 21.9 Å². The molecule has 0 spiro atoms. The van der Waals surface area contributed by atoms with Crippen molar-refractivity contribution >= 4 is 46.1 Å². The summed E-state index contributed by atoms with van der Waals surface area (Å²) in [5.41, 5.74) is 4.76. The number of aromatic nitrogens is 3. The molecular weight excluding hydrogens is 542 g/mol. The molecule has 204 valence electrons. The predicted octanol–water partition coefficient (Wildman–Crippen LogP) is 7.26. The van der Waals surface area contributed by atoms with Gasteiger partial charge in [0, 0.05) is 34.5 Å². The van der Waals surface area contributed by atoms with Gasteiger partial charge in [-0.1, -0.05) is 35.9 Å². The third-order valence-electron chi connectivity index (χ3n) is 7.42. The molecule has 4 heterocycles. The van der Waals surface area contributed by atoms with E-state index in [4.69, 9.17) is 16.3 Å². The first-order chi connectivity index (χ1) is 19.5. The lowest BCUT2D eigenvalue weighted by atomic mass is 10.1. The number of carbonyl (C=O) groups excluding carboxylic acids is 1. The molecule has 1 aliphatic heterocycles. The lowest BCUT2D eigenvalue weighted by molar-refractivity contribution is 0.112. The van der Waals surface area contributed by atoms with Gasteiger partial charge in [-0.25, -0.2) is 9.97 Å². The van der Waals surface area contributed by atoms with Crippen molar-refractivity contribution in [1.29, 1.82) is 0 Å². The van der Waals surface area contributed by atoms with Crippen molar-refractivity contribution in [1.82, 2.24) is 19.4 Å². The number of rotatable bonds is 8. The van der Waals surface area contributed by atoms with Crippen molar-refractivity contribution in [3.63, 3.8) is 0 Å². The molecule has 1 fully saturated rings. The number of anilines is 1. The van der Waals surface area contributed by atoms with Gasteiger partial charge >= 0.3 is 0 Å². The van der Waals surface area contributed by atoms with Gasteiger partial charge in [0.05, 0.1) is 11.0 Å². The number of hydrogen-bond acceptors (Lipinski definition) is 7. The molecule has 6 rings (SSSR count). The highest BCUT2D eigenvalue weighted by atomic mass is 35.5. The molecule has 0 radical (unpaired) electrons. The van der Waals surface area contributed by atoms with E-state index >= 15 is 0 Å². The molecule has 1 aliphatic rings. The van der Waals surface area contributed by atoms with E-state index in [2.05, 4.69) is 51.5 Å². The smallest absolute Gasteiger partial charge is 0.163 e. The fraction of sp³-hybridized carbons (Fsp3) is 0.258. The number of aldehydes is 1. The maximum absolute atomic E-state index is 11.9. The molecule has 9 heteroatoms. The van der Waals surface area contributed by atoms with Crippen molar-refractivity contribution in [2.75, 3.05) is 25.5 Å². The van der Waals surface area contributed by atoms with Crippen LogP contribution in [0.3, 0.4) is 0 Å². The molecule has 1 atom stereocenters. The van der Waals surface area contributed by atoms with Gasteiger partial charge in [-0.3, -0.25) is 9.36 Å². The number of benzene rings is 2. The summed E-state index contributed by atoms with van der Waals surface area (Å²) in [7, 11) is 2.17. The highest BCUT2D eigenvalue weighted by Crippen LogP contribution is 2.36. The number of carbonyl (C=O) groups is 1. The van der Waals surface area contributed by atoms with Gasteiger partial charge < -0.3 is 15.0 Å². The number of ether oxygens (including phenoxy) is 1. The molecule has 0 bridgehead atoms. The van der Waals surface area contributed by atoms with Crippen LogP contribution in [0, 0.1) is 0 Å². The van der Waals surface area contributed by atoms with Crippen molar-refractivity contribution < 1.29 is 9.53 Å². The maximum atomic E-state index is 11.9. The molecule has 0 unspecified atom stereocenters. The minimum atomic E-state index is -0.309. The number of nitrogens with one attached hydrogen (secondary N) is 1. The third-order valence-corrected chi connectivity index (χ3v) is 8.80. The van der Waals surface area contributed by atoms with Crippen LogP contribution in [0.4, 0.5) is 5.82 Å². The Bertz CT molecular complexity index is 1640. The number of pyridine rings is 1. The Hall–Kier alpha value is -3.72. The van der Waals surface area contributed by atoms with Crippen molar-refractivity contribution in [3.05, 3.63) is 88.7 Å². The minimum absolute atomic E-state index is 0.309. The first-order valence-corrected chi connectivity index (χ1v) is 14.6. The minimum Gasteiger partial charge on any atom is -0.484 e. The van der Waals surface area contributed by atoms with Crippen LogP contribution in [0.2, 0.25) is 5.02 Å². The predicted molar refractivity (Wildman–Crippen MR) is 162 cm³/mol. The summed E-state index contributed by atoms with van der Waals surface area (Å²) in [6.07, 6.45) is 6.48. The molecule has 40 heavy (non-hydrogen) atoms. The number of nitrogens with zero attached hydrogens (tertiary/aromatic N) is 4. The number of likely N-dealkylation sites (tertiary alicyclic amines) is 1. The lowest BCUT2D eigenvalue weighted by Crippen LogP contribution is -2.36. The van der Waals surface area contributed by atoms with Crippen LogP contribution in [0.25, 0.3) is 27.2 Å². The van der Waals surface area contributed by atoms with Crippen molar-refractivity contribution in [2.24, 2.45) is 0 Å². The number of imidazole rings is 1. The summed E-state index contributed by atoms with van der Waals surface area (Å²) in [5, 5.41) is 5.06. The average Bonchev–Trinajstić information content (AvgIpc) is 3.58. The van der Waals surface area contributed by atoms with E-state index in [9.17, 15) is 4.79 Å². The van der Waals surface area contributed by atoms with Crippen LogP contribution in [-0.4, -0.2) is 51.9 Å². The average molecular weight is 572 g/mol. The SMILES string of the molecule is C[C@@H](Oc1cc(-n2cnc3cc(-c4ccc(NC5CCN(C)CC5)nc4)ccc32)sc1C=O)c1ccccc1Cl. The fourth-order valence-electron chi connectivity index (χ4n) is 5.11. The van der Waals surface area contributed by atoms with Crippen LogP contribution >= 0.6 is 22.9 Å². The molecule has 1 N–H and O–H groups in total. The quantitative estimate of drug-likeness (QED) is 0.198. The van der Waals surface area contributed by atoms with Crippen LogP contribution in [0.5, 0.6) is 5.75 Å². The van der Waals surface area contributed by atoms with Crippen LogP contribution in [0.15, 0.2) is 73.2 Å². The van der Waals surface area contributed by atoms with Gasteiger partial charge in [0.2, 0.25) is 0 Å². The van der Waals surface area contributed by atoms with E-state index in [0.29, 0.717) is 21.7 Å². The second-order valence-corrected chi connectivity index (χ2v) is 11.7. The first-order valence-electron chi connectivity index (χ1n) is 13.4. The van der Waals surface area contributed by atoms with E-state index in [1.807, 2.05) is 54.1 Å². The highest BCUT2D eigenvalue weighted by Gasteiger charge is 2.19. The second-order valence-electron chi connectivity index (χ2n) is 10.2. The summed E-state index contributed by atoms with van der Waals surface area (Å²) in [5.74, 6) is 1.44. The number of hydrogen-bond donors (Lipinski definition) is 1. The topological polar surface area (TPSA) is 72.3 Å². The summed E-state index contributed by atoms with van der Waals surface area (Å²) in [6, 6.07) is 20.3. The van der Waals surface area contributed by atoms with Crippen LogP contribution < -0.4 is 10.1 Å². The van der Waals surface area contributed by atoms with E-state index in [-0.39, 0.29) is 6.10 Å². The standard InChI is InChI=1S/C31H30ClN5O2S/c1-20(24-5-3-4-6-25(24)32)39-28-16-31(40-29(28)18-38)37-19-34-26-15-21(7-9-27(26)37)22-8-10-30(33-17-22)35-23-11-13-36(2)14-12-23/h3-10,15-20,23H,11-14H2,1-2H3,(H,33,35)/t20-/m1/s1. The molecule has 7 nitrogen and oxygen atoms in total. The van der Waals surface area contributed by atoms with Gasteiger partial charge in [0.15, 0.2) is 6.29 Å². The van der Waals surface area contributed by atoms with E-state index in [1.165, 1.54) is 11.3 Å². The summed E-state index contributed by atoms with van der Waals surface area (Å²) in [6.45, 7) is 4.15. The Kier molecular flexibility index (Phi) is 7.56. The molecule has 3 aromatic heterocycles. The van der Waals surface area contributed by atoms with Gasteiger partial charge in [-0.05, 0) is 75.8 Å². The lowest BCUT2D eigenvalue weighted by Gasteiger charge is -2.29. The maximum Gasteiger partial charge on any atom is 0.163 e. The zero-order chi connectivity index (χ0) is 27.6. The monoisotopic (exact) mass is 571 g/mol. The number of halogens is 1. The Morgan fingerprint density at radius 3 is 2.62 bits per heavy atom. The Morgan fingerprint density at radius 1 is 1.07 bits per heavy atom. The number of thiophene rings is 1. The molecular formula is C31H30ClN5O2S. The molecule has 2 aromatic carbocycles. The largest absolute Gasteiger partial charge is 0.484 e. The van der Waals surface area contributed by atoms with E-state index < -0.39 is 0 Å². The first kappa shape index (κ1) is 26.5. The van der Waals surface area contributed by atoms with E-state index in [0.717, 1.165) is 70.8 Å². The molecule has 1 saturated heterocycles. The Morgan fingerprint density at radius 2 is 1.88 bits per heavy atom. The molecule has 0 saturated carbocycles.